The largest absolute Gasteiger partial charge is 0.378 e. The molecule has 1 saturated heterocycles. The Morgan fingerprint density at radius 3 is 2.73 bits per heavy atom. The van der Waals surface area contributed by atoms with Crippen LogP contribution in [-0.2, 0) is 11.2 Å². The van der Waals surface area contributed by atoms with Gasteiger partial charge in [-0.15, -0.1) is 0 Å². The molecule has 2 nitrogen and oxygen atoms in total. The second-order valence-electron chi connectivity index (χ2n) is 4.03. The third kappa shape index (κ3) is 2.90. The zero-order valence-electron chi connectivity index (χ0n) is 8.82. The van der Waals surface area contributed by atoms with Gasteiger partial charge in [-0.2, -0.15) is 0 Å². The predicted molar refractivity (Wildman–Crippen MR) is 59.1 cm³/mol. The average Bonchev–Trinajstić information content (AvgIpc) is 2.80. The van der Waals surface area contributed by atoms with Crippen LogP contribution in [0.1, 0.15) is 35.2 Å². The van der Waals surface area contributed by atoms with Crippen molar-refractivity contribution in [3.63, 3.8) is 0 Å². The molecular formula is C13H16O2. The van der Waals surface area contributed by atoms with E-state index in [0.717, 1.165) is 31.3 Å². The summed E-state index contributed by atoms with van der Waals surface area (Å²) in [5.41, 5.74) is 2.03. The summed E-state index contributed by atoms with van der Waals surface area (Å²) in [6, 6.07) is 7.80. The van der Waals surface area contributed by atoms with Crippen molar-refractivity contribution in [2.45, 2.75) is 31.8 Å². The van der Waals surface area contributed by atoms with E-state index in [1.807, 2.05) is 24.3 Å². The van der Waals surface area contributed by atoms with Gasteiger partial charge in [0.1, 0.15) is 6.29 Å². The van der Waals surface area contributed by atoms with E-state index in [1.54, 1.807) is 0 Å². The Hall–Kier alpha value is -1.15. The molecule has 0 radical (unpaired) electrons. The Bertz CT molecular complexity index is 310. The van der Waals surface area contributed by atoms with Gasteiger partial charge in [0.05, 0.1) is 6.10 Å². The van der Waals surface area contributed by atoms with Gasteiger partial charge in [-0.3, -0.25) is 4.79 Å². The summed E-state index contributed by atoms with van der Waals surface area (Å²) in [7, 11) is 0. The molecule has 0 spiro atoms. The first-order valence-corrected chi connectivity index (χ1v) is 5.54. The minimum absolute atomic E-state index is 0.454. The maximum absolute atomic E-state index is 10.5. The van der Waals surface area contributed by atoms with Crippen molar-refractivity contribution in [2.75, 3.05) is 6.61 Å². The summed E-state index contributed by atoms with van der Waals surface area (Å²) in [4.78, 5) is 10.5. The summed E-state index contributed by atoms with van der Waals surface area (Å²) in [6.07, 6.45) is 5.88. The molecule has 1 heterocycles. The van der Waals surface area contributed by atoms with Crippen molar-refractivity contribution in [2.24, 2.45) is 0 Å². The molecule has 1 atom stereocenters. The quantitative estimate of drug-likeness (QED) is 0.705. The van der Waals surface area contributed by atoms with Gasteiger partial charge in [0.15, 0.2) is 0 Å². The average molecular weight is 204 g/mol. The van der Waals surface area contributed by atoms with Gasteiger partial charge in [0.25, 0.3) is 0 Å². The van der Waals surface area contributed by atoms with Crippen LogP contribution in [0.5, 0.6) is 0 Å². The van der Waals surface area contributed by atoms with Gasteiger partial charge in [0.2, 0.25) is 0 Å². The lowest BCUT2D eigenvalue weighted by molar-refractivity contribution is 0.104. The Kier molecular flexibility index (Phi) is 3.51. The number of carbonyl (C=O) groups is 1. The normalized spacial score (nSPS) is 20.4. The molecule has 0 saturated carbocycles. The fraction of sp³-hybridized carbons (Fsp3) is 0.462. The standard InChI is InChI=1S/C13H16O2/c14-10-12-5-3-11(4-6-12)7-8-13-2-1-9-15-13/h3-6,10,13H,1-2,7-9H2. The number of aryl methyl sites for hydroxylation is 1. The third-order valence-corrected chi connectivity index (χ3v) is 2.89. The van der Waals surface area contributed by atoms with Crippen LogP contribution in [0.15, 0.2) is 24.3 Å². The Balaban J connectivity index is 1.84. The fourth-order valence-corrected chi connectivity index (χ4v) is 1.96. The number of hydrogen-bond acceptors (Lipinski definition) is 2. The number of benzene rings is 1. The first kappa shape index (κ1) is 10.4. The maximum Gasteiger partial charge on any atom is 0.150 e. The maximum atomic E-state index is 10.5. The molecule has 1 aromatic rings. The highest BCUT2D eigenvalue weighted by atomic mass is 16.5. The molecule has 2 rings (SSSR count). The van der Waals surface area contributed by atoms with E-state index in [4.69, 9.17) is 4.74 Å². The number of rotatable bonds is 4. The highest BCUT2D eigenvalue weighted by Gasteiger charge is 2.14. The van der Waals surface area contributed by atoms with Crippen molar-refractivity contribution in [3.8, 4) is 0 Å². The molecule has 0 aromatic heterocycles. The fourth-order valence-electron chi connectivity index (χ4n) is 1.96. The van der Waals surface area contributed by atoms with Crippen LogP contribution in [0, 0.1) is 0 Å². The summed E-state index contributed by atoms with van der Waals surface area (Å²) >= 11 is 0. The van der Waals surface area contributed by atoms with Crippen LogP contribution in [0.4, 0.5) is 0 Å². The van der Waals surface area contributed by atoms with E-state index in [9.17, 15) is 4.79 Å². The van der Waals surface area contributed by atoms with Crippen molar-refractivity contribution in [3.05, 3.63) is 35.4 Å². The smallest absolute Gasteiger partial charge is 0.150 e. The second-order valence-corrected chi connectivity index (χ2v) is 4.03. The van der Waals surface area contributed by atoms with Crippen LogP contribution in [-0.4, -0.2) is 19.0 Å². The van der Waals surface area contributed by atoms with E-state index in [1.165, 1.54) is 18.4 Å². The van der Waals surface area contributed by atoms with Crippen molar-refractivity contribution in [1.82, 2.24) is 0 Å². The van der Waals surface area contributed by atoms with E-state index in [2.05, 4.69) is 0 Å². The third-order valence-electron chi connectivity index (χ3n) is 2.89. The van der Waals surface area contributed by atoms with E-state index >= 15 is 0 Å². The van der Waals surface area contributed by atoms with Gasteiger partial charge in [-0.05, 0) is 31.2 Å². The van der Waals surface area contributed by atoms with Gasteiger partial charge in [-0.1, -0.05) is 24.3 Å². The Morgan fingerprint density at radius 2 is 2.13 bits per heavy atom. The van der Waals surface area contributed by atoms with E-state index in [-0.39, 0.29) is 0 Å². The summed E-state index contributed by atoms with van der Waals surface area (Å²) in [6.45, 7) is 0.925. The zero-order chi connectivity index (χ0) is 10.5. The van der Waals surface area contributed by atoms with E-state index in [0.29, 0.717) is 6.10 Å². The van der Waals surface area contributed by atoms with Gasteiger partial charge in [-0.25, -0.2) is 0 Å². The van der Waals surface area contributed by atoms with Gasteiger partial charge in [0, 0.05) is 12.2 Å². The van der Waals surface area contributed by atoms with Crippen LogP contribution in [0.2, 0.25) is 0 Å². The van der Waals surface area contributed by atoms with Crippen LogP contribution in [0.3, 0.4) is 0 Å². The molecule has 1 fully saturated rings. The molecule has 1 unspecified atom stereocenters. The molecule has 2 heteroatoms. The SMILES string of the molecule is O=Cc1ccc(CCC2CCCO2)cc1. The molecule has 1 aromatic carbocycles. The lowest BCUT2D eigenvalue weighted by Gasteiger charge is -2.08. The number of carbonyl (C=O) groups excluding carboxylic acids is 1. The Morgan fingerprint density at radius 1 is 1.33 bits per heavy atom. The van der Waals surface area contributed by atoms with Crippen molar-refractivity contribution in [1.29, 1.82) is 0 Å². The van der Waals surface area contributed by atoms with Crippen molar-refractivity contribution < 1.29 is 9.53 Å². The zero-order valence-corrected chi connectivity index (χ0v) is 8.82. The molecule has 1 aliphatic heterocycles. The molecule has 0 N–H and O–H groups in total. The molecular weight excluding hydrogens is 188 g/mol. The van der Waals surface area contributed by atoms with Crippen LogP contribution >= 0.6 is 0 Å². The van der Waals surface area contributed by atoms with E-state index < -0.39 is 0 Å². The van der Waals surface area contributed by atoms with Gasteiger partial charge >= 0.3 is 0 Å². The molecule has 0 bridgehead atoms. The monoisotopic (exact) mass is 204 g/mol. The highest BCUT2D eigenvalue weighted by molar-refractivity contribution is 5.74. The number of hydrogen-bond donors (Lipinski definition) is 0. The molecule has 80 valence electrons. The molecule has 0 aliphatic carbocycles. The molecule has 15 heavy (non-hydrogen) atoms. The lowest BCUT2D eigenvalue weighted by Crippen LogP contribution is -2.06. The second kappa shape index (κ2) is 5.08. The topological polar surface area (TPSA) is 26.3 Å². The molecule has 0 amide bonds. The predicted octanol–water partition coefficient (Wildman–Crippen LogP) is 2.61. The summed E-state index contributed by atoms with van der Waals surface area (Å²) < 4.78 is 5.56. The van der Waals surface area contributed by atoms with Gasteiger partial charge < -0.3 is 4.74 Å². The van der Waals surface area contributed by atoms with Crippen LogP contribution in [0.25, 0.3) is 0 Å². The lowest BCUT2D eigenvalue weighted by atomic mass is 10.0. The Labute approximate surface area is 90.3 Å². The van der Waals surface area contributed by atoms with Crippen molar-refractivity contribution >= 4 is 6.29 Å². The minimum Gasteiger partial charge on any atom is -0.378 e. The molecule has 1 aliphatic rings. The minimum atomic E-state index is 0.454. The summed E-state index contributed by atoms with van der Waals surface area (Å²) in [5.74, 6) is 0. The summed E-state index contributed by atoms with van der Waals surface area (Å²) in [5, 5.41) is 0. The highest BCUT2D eigenvalue weighted by Crippen LogP contribution is 2.17. The number of ether oxygens (including phenoxy) is 1. The first-order valence-electron chi connectivity index (χ1n) is 5.54. The number of aldehydes is 1. The first-order chi connectivity index (χ1) is 7.38. The van der Waals surface area contributed by atoms with Crippen LogP contribution < -0.4 is 0 Å².